The zero-order chi connectivity index (χ0) is 32.7. The van der Waals surface area contributed by atoms with E-state index >= 15 is 0 Å². The Labute approximate surface area is 271 Å². The van der Waals surface area contributed by atoms with Crippen LogP contribution in [0.5, 0.6) is 11.5 Å². The molecule has 46 heavy (non-hydrogen) atoms. The van der Waals surface area contributed by atoms with Crippen molar-refractivity contribution in [1.29, 1.82) is 0 Å². The number of hydrogen-bond donors (Lipinski definition) is 4. The first kappa shape index (κ1) is 33.4. The van der Waals surface area contributed by atoms with Crippen molar-refractivity contribution >= 4 is 23.6 Å². The molecule has 1 atom stereocenters. The molecule has 11 heteroatoms. The zero-order valence-corrected chi connectivity index (χ0v) is 27.0. The molecule has 0 unspecified atom stereocenters. The molecular weight excluding hydrogens is 586 g/mol. The summed E-state index contributed by atoms with van der Waals surface area (Å²) in [4.78, 5) is 55.5. The molecule has 2 heterocycles. The average Bonchev–Trinajstić information content (AvgIpc) is 3.07. The molecule has 3 aliphatic rings. The second-order valence-corrected chi connectivity index (χ2v) is 12.9. The second kappa shape index (κ2) is 14.6. The van der Waals surface area contributed by atoms with Gasteiger partial charge in [-0.2, -0.15) is 0 Å². The molecule has 1 aliphatic carbocycles. The molecule has 2 aromatic carbocycles. The van der Waals surface area contributed by atoms with Gasteiger partial charge in [-0.3, -0.25) is 24.1 Å². The Morgan fingerprint density at radius 2 is 1.54 bits per heavy atom. The largest absolute Gasteiger partial charge is 0.457 e. The number of ether oxygens (including phenoxy) is 1. The zero-order valence-electron chi connectivity index (χ0n) is 27.0. The lowest BCUT2D eigenvalue weighted by molar-refractivity contribution is -0.163. The fraction of sp³-hybridized carbons (Fsp3) is 0.543. The standard InChI is InChI=1S/C35H47N5O6/c1-36-30(41)7-6-20-40-32(43)29(23-34(45)16-4-3-5-17-34)38-33(44)35(40)18-21-39(22-19-35)24-25-8-12-27(13-9-25)46-28-14-10-26(11-15-28)31(42)37-2/h8-15,29,45H,3-7,16-24H2,1-2H3,(H,36,41)(H,37,42)(H,38,44)/t29-/m1/s1. The van der Waals surface area contributed by atoms with Crippen LogP contribution in [0.4, 0.5) is 0 Å². The third-order valence-corrected chi connectivity index (χ3v) is 9.83. The van der Waals surface area contributed by atoms with Gasteiger partial charge >= 0.3 is 0 Å². The SMILES string of the molecule is CNC(=O)CCCN1C(=O)[C@@H](CC2(O)CCCCC2)NC(=O)C12CCN(Cc1ccc(Oc3ccc(C(=O)NC)cc3)cc1)CC2. The Balaban J connectivity index is 1.21. The Bertz CT molecular complexity index is 1380. The summed E-state index contributed by atoms with van der Waals surface area (Å²) < 4.78 is 5.95. The van der Waals surface area contributed by atoms with Gasteiger partial charge in [-0.15, -0.1) is 0 Å². The normalized spacial score (nSPS) is 21.0. The molecule has 0 aromatic heterocycles. The van der Waals surface area contributed by atoms with E-state index < -0.39 is 17.2 Å². The first-order valence-electron chi connectivity index (χ1n) is 16.5. The summed E-state index contributed by atoms with van der Waals surface area (Å²) in [6, 6.07) is 14.1. The Morgan fingerprint density at radius 3 is 2.15 bits per heavy atom. The van der Waals surface area contributed by atoms with Crippen molar-refractivity contribution < 1.29 is 29.0 Å². The second-order valence-electron chi connectivity index (χ2n) is 12.9. The van der Waals surface area contributed by atoms with Gasteiger partial charge in [-0.05, 0) is 74.1 Å². The summed E-state index contributed by atoms with van der Waals surface area (Å²) in [5.41, 5.74) is -0.238. The van der Waals surface area contributed by atoms with Gasteiger partial charge in [0.15, 0.2) is 0 Å². The van der Waals surface area contributed by atoms with Crippen LogP contribution in [0.3, 0.4) is 0 Å². The topological polar surface area (TPSA) is 140 Å². The number of piperidine rings is 1. The van der Waals surface area contributed by atoms with Gasteiger partial charge in [0.2, 0.25) is 17.7 Å². The highest BCUT2D eigenvalue weighted by atomic mass is 16.5. The highest BCUT2D eigenvalue weighted by Gasteiger charge is 2.54. The van der Waals surface area contributed by atoms with Crippen LogP contribution in [0.2, 0.25) is 0 Å². The van der Waals surface area contributed by atoms with Crippen molar-refractivity contribution in [2.24, 2.45) is 0 Å². The lowest BCUT2D eigenvalue weighted by Crippen LogP contribution is -2.73. The molecule has 5 rings (SSSR count). The van der Waals surface area contributed by atoms with E-state index in [1.165, 1.54) is 0 Å². The van der Waals surface area contributed by atoms with Gasteiger partial charge in [0.25, 0.3) is 5.91 Å². The molecule has 3 fully saturated rings. The number of likely N-dealkylation sites (tertiary alicyclic amines) is 1. The fourth-order valence-corrected chi connectivity index (χ4v) is 7.11. The van der Waals surface area contributed by atoms with Gasteiger partial charge in [0, 0.05) is 58.7 Å². The summed E-state index contributed by atoms with van der Waals surface area (Å²) in [5, 5.41) is 19.4. The molecule has 0 radical (unpaired) electrons. The molecule has 11 nitrogen and oxygen atoms in total. The summed E-state index contributed by atoms with van der Waals surface area (Å²) in [7, 11) is 3.19. The lowest BCUT2D eigenvalue weighted by atomic mass is 9.77. The number of piperazine rings is 1. The third-order valence-electron chi connectivity index (χ3n) is 9.83. The number of aliphatic hydroxyl groups is 1. The molecule has 0 bridgehead atoms. The lowest BCUT2D eigenvalue weighted by Gasteiger charge is -2.52. The monoisotopic (exact) mass is 633 g/mol. The van der Waals surface area contributed by atoms with Crippen LogP contribution in [0.15, 0.2) is 48.5 Å². The smallest absolute Gasteiger partial charge is 0.251 e. The quantitative estimate of drug-likeness (QED) is 0.298. The Morgan fingerprint density at radius 1 is 0.913 bits per heavy atom. The third kappa shape index (κ3) is 7.70. The predicted octanol–water partition coefficient (Wildman–Crippen LogP) is 3.11. The van der Waals surface area contributed by atoms with E-state index in [4.69, 9.17) is 4.74 Å². The van der Waals surface area contributed by atoms with E-state index in [-0.39, 0.29) is 36.5 Å². The maximum absolute atomic E-state index is 14.0. The van der Waals surface area contributed by atoms with Gasteiger partial charge in [0.05, 0.1) is 5.60 Å². The highest BCUT2D eigenvalue weighted by Crippen LogP contribution is 2.38. The highest BCUT2D eigenvalue weighted by molar-refractivity contribution is 6.00. The van der Waals surface area contributed by atoms with Crippen molar-refractivity contribution in [2.45, 2.75) is 87.9 Å². The minimum absolute atomic E-state index is 0.0961. The number of carbonyl (C=O) groups is 4. The van der Waals surface area contributed by atoms with Crippen LogP contribution in [-0.4, -0.2) is 89.4 Å². The molecule has 4 N–H and O–H groups in total. The number of benzene rings is 2. The first-order valence-corrected chi connectivity index (χ1v) is 16.5. The van der Waals surface area contributed by atoms with Gasteiger partial charge in [-0.25, -0.2) is 0 Å². The number of rotatable bonds is 11. The van der Waals surface area contributed by atoms with Crippen LogP contribution < -0.4 is 20.7 Å². The van der Waals surface area contributed by atoms with E-state index in [0.717, 1.165) is 24.8 Å². The van der Waals surface area contributed by atoms with Gasteiger partial charge in [0.1, 0.15) is 23.1 Å². The Hall–Kier alpha value is -3.96. The molecule has 248 valence electrons. The Kier molecular flexibility index (Phi) is 10.6. The minimum atomic E-state index is -0.965. The summed E-state index contributed by atoms with van der Waals surface area (Å²) >= 11 is 0. The summed E-state index contributed by atoms with van der Waals surface area (Å²) in [6.45, 7) is 2.29. The maximum Gasteiger partial charge on any atom is 0.251 e. The average molecular weight is 634 g/mol. The number of hydrogen-bond acceptors (Lipinski definition) is 7. The number of carbonyl (C=O) groups excluding carboxylic acids is 4. The molecule has 4 amide bonds. The van der Waals surface area contributed by atoms with Crippen LogP contribution in [0.1, 0.15) is 80.1 Å². The fourth-order valence-electron chi connectivity index (χ4n) is 7.11. The van der Waals surface area contributed by atoms with Gasteiger partial charge in [-0.1, -0.05) is 31.4 Å². The molecule has 1 saturated carbocycles. The number of nitrogens with zero attached hydrogens (tertiary/aromatic N) is 2. The number of nitrogens with one attached hydrogen (secondary N) is 3. The van der Waals surface area contributed by atoms with E-state index in [0.29, 0.717) is 75.3 Å². The van der Waals surface area contributed by atoms with Crippen molar-refractivity contribution in [3.8, 4) is 11.5 Å². The van der Waals surface area contributed by atoms with Crippen LogP contribution in [-0.2, 0) is 20.9 Å². The van der Waals surface area contributed by atoms with Crippen molar-refractivity contribution in [2.75, 3.05) is 33.7 Å². The minimum Gasteiger partial charge on any atom is -0.457 e. The molecule has 2 aromatic rings. The van der Waals surface area contributed by atoms with Crippen molar-refractivity contribution in [3.05, 3.63) is 59.7 Å². The van der Waals surface area contributed by atoms with Crippen LogP contribution in [0, 0.1) is 0 Å². The van der Waals surface area contributed by atoms with Crippen molar-refractivity contribution in [3.63, 3.8) is 0 Å². The maximum atomic E-state index is 14.0. The molecule has 2 aliphatic heterocycles. The predicted molar refractivity (Wildman–Crippen MR) is 173 cm³/mol. The van der Waals surface area contributed by atoms with E-state index in [9.17, 15) is 24.3 Å². The summed E-state index contributed by atoms with van der Waals surface area (Å²) in [6.07, 6.45) is 6.16. The van der Waals surface area contributed by atoms with Crippen molar-refractivity contribution in [1.82, 2.24) is 25.8 Å². The van der Waals surface area contributed by atoms with Crippen LogP contribution in [0.25, 0.3) is 0 Å². The molecule has 2 saturated heterocycles. The first-order chi connectivity index (χ1) is 22.1. The summed E-state index contributed by atoms with van der Waals surface area (Å²) in [5.74, 6) is 0.774. The molecule has 1 spiro atoms. The van der Waals surface area contributed by atoms with E-state index in [2.05, 4.69) is 20.9 Å². The van der Waals surface area contributed by atoms with Crippen LogP contribution >= 0.6 is 0 Å². The molecular formula is C35H47N5O6. The van der Waals surface area contributed by atoms with E-state index in [1.807, 2.05) is 24.3 Å². The van der Waals surface area contributed by atoms with Gasteiger partial charge < -0.3 is 30.7 Å². The number of amides is 4. The van der Waals surface area contributed by atoms with E-state index in [1.54, 1.807) is 43.3 Å².